The van der Waals surface area contributed by atoms with Gasteiger partial charge in [-0.05, 0) is 11.6 Å². The molecule has 68 valence electrons. The molecule has 0 saturated carbocycles. The Balaban J connectivity index is 2.60. The molecule has 0 fully saturated rings. The van der Waals surface area contributed by atoms with Crippen LogP contribution in [-0.2, 0) is 0 Å². The summed E-state index contributed by atoms with van der Waals surface area (Å²) in [7, 11) is 0. The van der Waals surface area contributed by atoms with E-state index in [-0.39, 0.29) is 12.5 Å². The van der Waals surface area contributed by atoms with Gasteiger partial charge >= 0.3 is 0 Å². The predicted molar refractivity (Wildman–Crippen MR) is 55.1 cm³/mol. The Hall–Kier alpha value is -0.930. The molecular weight excluding hydrogens is 182 g/mol. The lowest BCUT2D eigenvalue weighted by Gasteiger charge is -2.07. The second kappa shape index (κ2) is 3.44. The molecular formula is C10H11NOS. The topological polar surface area (TPSA) is 33.1 Å². The summed E-state index contributed by atoms with van der Waals surface area (Å²) in [4.78, 5) is 4.30. The van der Waals surface area contributed by atoms with E-state index in [1.54, 1.807) is 11.3 Å². The molecule has 0 aliphatic heterocycles. The standard InChI is InChI=1S/C10H11NOS/c1-7(5-12)8-3-2-4-9-10(8)11-6-13-9/h2-4,6-7,12H,5H2,1H3. The van der Waals surface area contributed by atoms with E-state index in [9.17, 15) is 0 Å². The van der Waals surface area contributed by atoms with Crippen molar-refractivity contribution >= 4 is 21.6 Å². The highest BCUT2D eigenvalue weighted by Gasteiger charge is 2.09. The Labute approximate surface area is 80.9 Å². The maximum atomic E-state index is 9.06. The number of para-hydroxylation sites is 1. The zero-order valence-corrected chi connectivity index (χ0v) is 8.21. The first-order chi connectivity index (χ1) is 6.33. The third-order valence-corrected chi connectivity index (χ3v) is 2.99. The number of benzene rings is 1. The fraction of sp³-hybridized carbons (Fsp3) is 0.300. The van der Waals surface area contributed by atoms with Crippen LogP contribution >= 0.6 is 11.3 Å². The normalized spacial score (nSPS) is 13.4. The van der Waals surface area contributed by atoms with Crippen molar-refractivity contribution in [2.75, 3.05) is 6.61 Å². The van der Waals surface area contributed by atoms with E-state index in [1.165, 1.54) is 4.70 Å². The molecule has 2 nitrogen and oxygen atoms in total. The average molecular weight is 193 g/mol. The van der Waals surface area contributed by atoms with Crippen LogP contribution in [0.4, 0.5) is 0 Å². The average Bonchev–Trinajstić information content (AvgIpc) is 2.63. The van der Waals surface area contributed by atoms with Crippen molar-refractivity contribution < 1.29 is 5.11 Å². The maximum absolute atomic E-state index is 9.06. The number of aromatic nitrogens is 1. The van der Waals surface area contributed by atoms with Crippen molar-refractivity contribution in [2.45, 2.75) is 12.8 Å². The molecule has 1 heterocycles. The molecule has 2 aromatic rings. The number of hydrogen-bond donors (Lipinski definition) is 1. The van der Waals surface area contributed by atoms with E-state index >= 15 is 0 Å². The van der Waals surface area contributed by atoms with Crippen LogP contribution in [0.3, 0.4) is 0 Å². The number of aliphatic hydroxyl groups excluding tert-OH is 1. The smallest absolute Gasteiger partial charge is 0.0847 e. The summed E-state index contributed by atoms with van der Waals surface area (Å²) in [6, 6.07) is 6.10. The highest BCUT2D eigenvalue weighted by molar-refractivity contribution is 7.16. The lowest BCUT2D eigenvalue weighted by molar-refractivity contribution is 0.273. The van der Waals surface area contributed by atoms with E-state index < -0.39 is 0 Å². The predicted octanol–water partition coefficient (Wildman–Crippen LogP) is 2.39. The van der Waals surface area contributed by atoms with Gasteiger partial charge in [-0.25, -0.2) is 4.98 Å². The van der Waals surface area contributed by atoms with Crippen molar-refractivity contribution in [1.82, 2.24) is 4.98 Å². The Morgan fingerprint density at radius 3 is 3.15 bits per heavy atom. The second-order valence-electron chi connectivity index (χ2n) is 3.13. The van der Waals surface area contributed by atoms with Gasteiger partial charge in [0.1, 0.15) is 0 Å². The molecule has 0 spiro atoms. The second-order valence-corrected chi connectivity index (χ2v) is 4.02. The summed E-state index contributed by atoms with van der Waals surface area (Å²) < 4.78 is 1.19. The monoisotopic (exact) mass is 193 g/mol. The molecule has 1 unspecified atom stereocenters. The fourth-order valence-corrected chi connectivity index (χ4v) is 2.12. The minimum Gasteiger partial charge on any atom is -0.396 e. The third kappa shape index (κ3) is 1.45. The molecule has 0 saturated heterocycles. The summed E-state index contributed by atoms with van der Waals surface area (Å²) in [5.41, 5.74) is 4.02. The van der Waals surface area contributed by atoms with E-state index in [0.717, 1.165) is 11.1 Å². The minimum absolute atomic E-state index is 0.172. The maximum Gasteiger partial charge on any atom is 0.0847 e. The van der Waals surface area contributed by atoms with Gasteiger partial charge in [0.2, 0.25) is 0 Å². The Kier molecular flexibility index (Phi) is 2.29. The lowest BCUT2D eigenvalue weighted by atomic mass is 10.0. The number of aliphatic hydroxyl groups is 1. The zero-order chi connectivity index (χ0) is 9.26. The molecule has 1 aromatic carbocycles. The molecule has 13 heavy (non-hydrogen) atoms. The van der Waals surface area contributed by atoms with Crippen LogP contribution in [0.5, 0.6) is 0 Å². The number of fused-ring (bicyclic) bond motifs is 1. The SMILES string of the molecule is CC(CO)c1cccc2scnc12. The van der Waals surface area contributed by atoms with Gasteiger partial charge in [0.15, 0.2) is 0 Å². The highest BCUT2D eigenvalue weighted by atomic mass is 32.1. The molecule has 1 atom stereocenters. The minimum atomic E-state index is 0.172. The van der Waals surface area contributed by atoms with Crippen molar-refractivity contribution in [3.63, 3.8) is 0 Å². The number of rotatable bonds is 2. The largest absolute Gasteiger partial charge is 0.396 e. The van der Waals surface area contributed by atoms with Gasteiger partial charge in [0, 0.05) is 12.5 Å². The molecule has 0 amide bonds. The van der Waals surface area contributed by atoms with Crippen LogP contribution in [0.2, 0.25) is 0 Å². The van der Waals surface area contributed by atoms with Gasteiger partial charge in [0.25, 0.3) is 0 Å². The summed E-state index contributed by atoms with van der Waals surface area (Å²) in [5, 5.41) is 9.06. The fourth-order valence-electron chi connectivity index (χ4n) is 1.40. The van der Waals surface area contributed by atoms with Gasteiger partial charge in [-0.3, -0.25) is 0 Å². The van der Waals surface area contributed by atoms with Crippen LogP contribution in [-0.4, -0.2) is 16.7 Å². The van der Waals surface area contributed by atoms with Gasteiger partial charge in [-0.1, -0.05) is 19.1 Å². The number of thiazole rings is 1. The van der Waals surface area contributed by atoms with E-state index in [1.807, 2.05) is 24.6 Å². The first-order valence-electron chi connectivity index (χ1n) is 4.26. The molecule has 0 aliphatic rings. The summed E-state index contributed by atoms with van der Waals surface area (Å²) >= 11 is 1.64. The summed E-state index contributed by atoms with van der Waals surface area (Å²) in [6.45, 7) is 2.19. The molecule has 0 radical (unpaired) electrons. The van der Waals surface area contributed by atoms with E-state index in [4.69, 9.17) is 5.11 Å². The van der Waals surface area contributed by atoms with Crippen LogP contribution in [0.1, 0.15) is 18.4 Å². The quantitative estimate of drug-likeness (QED) is 0.794. The van der Waals surface area contributed by atoms with Crippen LogP contribution in [0, 0.1) is 0 Å². The van der Waals surface area contributed by atoms with Crippen molar-refractivity contribution in [1.29, 1.82) is 0 Å². The number of hydrogen-bond acceptors (Lipinski definition) is 3. The molecule has 2 rings (SSSR count). The molecule has 1 N–H and O–H groups in total. The highest BCUT2D eigenvalue weighted by Crippen LogP contribution is 2.26. The third-order valence-electron chi connectivity index (χ3n) is 2.20. The summed E-state index contributed by atoms with van der Waals surface area (Å²) in [5.74, 6) is 0.172. The molecule has 0 aliphatic carbocycles. The first kappa shape index (κ1) is 8.66. The molecule has 0 bridgehead atoms. The van der Waals surface area contributed by atoms with Crippen LogP contribution in [0.25, 0.3) is 10.2 Å². The van der Waals surface area contributed by atoms with Crippen LogP contribution in [0.15, 0.2) is 23.7 Å². The Morgan fingerprint density at radius 1 is 1.54 bits per heavy atom. The van der Waals surface area contributed by atoms with Crippen molar-refractivity contribution in [2.24, 2.45) is 0 Å². The Morgan fingerprint density at radius 2 is 2.38 bits per heavy atom. The van der Waals surface area contributed by atoms with Crippen molar-refractivity contribution in [3.05, 3.63) is 29.3 Å². The first-order valence-corrected chi connectivity index (χ1v) is 5.14. The van der Waals surface area contributed by atoms with Crippen LogP contribution < -0.4 is 0 Å². The van der Waals surface area contributed by atoms with E-state index in [0.29, 0.717) is 0 Å². The van der Waals surface area contributed by atoms with Crippen molar-refractivity contribution in [3.8, 4) is 0 Å². The number of nitrogens with zero attached hydrogens (tertiary/aromatic N) is 1. The summed E-state index contributed by atoms with van der Waals surface area (Å²) in [6.07, 6.45) is 0. The van der Waals surface area contributed by atoms with Gasteiger partial charge in [-0.2, -0.15) is 0 Å². The van der Waals surface area contributed by atoms with Gasteiger partial charge in [0.05, 0.1) is 15.7 Å². The molecule has 3 heteroatoms. The van der Waals surface area contributed by atoms with Gasteiger partial charge < -0.3 is 5.11 Å². The van der Waals surface area contributed by atoms with E-state index in [2.05, 4.69) is 11.1 Å². The Bertz CT molecular complexity index is 410. The zero-order valence-electron chi connectivity index (χ0n) is 7.40. The lowest BCUT2D eigenvalue weighted by Crippen LogP contribution is -1.99. The molecule has 1 aromatic heterocycles. The van der Waals surface area contributed by atoms with Gasteiger partial charge in [-0.15, -0.1) is 11.3 Å².